The highest BCUT2D eigenvalue weighted by Crippen LogP contribution is 2.37. The molecule has 6 rings (SSSR count). The van der Waals surface area contributed by atoms with E-state index in [1.54, 1.807) is 6.20 Å². The second-order valence-electron chi connectivity index (χ2n) is 9.45. The number of nitrogens with zero attached hydrogens (tertiary/aromatic N) is 3. The molecule has 2 aromatic heterocycles. The van der Waals surface area contributed by atoms with E-state index in [0.717, 1.165) is 33.8 Å². The van der Waals surface area contributed by atoms with Crippen molar-refractivity contribution in [3.05, 3.63) is 82.1 Å². The standard InChI is InChI=1S/C28H26N4O4S/c1-16-3-5-21(14-29-16)27(34)32-10-9-19-13-20(6-7-22(19)32)26-17(2)37-28(31-26)30-25(33)12-18-4-8-23-24(11-18)36-15-35-23/h3-8,11,13-14,19,22H,9-10,12,15H2,1-2H3,(H,30,31,33). The third-order valence-electron chi connectivity index (χ3n) is 6.91. The zero-order chi connectivity index (χ0) is 25.5. The number of aromatic nitrogens is 2. The first kappa shape index (κ1) is 23.4. The number of thiazole rings is 1. The molecule has 2 amide bonds. The summed E-state index contributed by atoms with van der Waals surface area (Å²) in [4.78, 5) is 37.7. The lowest BCUT2D eigenvalue weighted by Gasteiger charge is -2.27. The monoisotopic (exact) mass is 514 g/mol. The molecule has 2 atom stereocenters. The molecule has 1 aliphatic carbocycles. The summed E-state index contributed by atoms with van der Waals surface area (Å²) in [7, 11) is 0. The molecule has 3 aromatic rings. The molecule has 0 saturated carbocycles. The number of likely N-dealkylation sites (tertiary alicyclic amines) is 1. The fourth-order valence-electron chi connectivity index (χ4n) is 5.03. The number of amides is 2. The predicted molar refractivity (Wildman–Crippen MR) is 141 cm³/mol. The van der Waals surface area contributed by atoms with Crippen molar-refractivity contribution in [2.75, 3.05) is 18.7 Å². The fraction of sp³-hybridized carbons (Fsp3) is 0.286. The van der Waals surface area contributed by atoms with Crippen molar-refractivity contribution >= 4 is 33.9 Å². The Hall–Kier alpha value is -3.98. The Labute approximate surface area is 218 Å². The number of fused-ring (bicyclic) bond motifs is 2. The van der Waals surface area contributed by atoms with Crippen molar-refractivity contribution in [2.45, 2.75) is 32.7 Å². The third-order valence-corrected chi connectivity index (χ3v) is 7.79. The van der Waals surface area contributed by atoms with E-state index >= 15 is 0 Å². The summed E-state index contributed by atoms with van der Waals surface area (Å²) >= 11 is 1.46. The first-order valence-electron chi connectivity index (χ1n) is 12.2. The highest BCUT2D eigenvalue weighted by Gasteiger charge is 2.36. The second kappa shape index (κ2) is 9.48. The molecular weight excluding hydrogens is 488 g/mol. The highest BCUT2D eigenvalue weighted by atomic mass is 32.1. The number of aryl methyl sites for hydroxylation is 2. The Morgan fingerprint density at radius 2 is 2.03 bits per heavy atom. The van der Waals surface area contributed by atoms with Crippen molar-refractivity contribution in [3.63, 3.8) is 0 Å². The maximum atomic E-state index is 13.1. The van der Waals surface area contributed by atoms with Gasteiger partial charge in [-0.05, 0) is 55.7 Å². The van der Waals surface area contributed by atoms with Crippen LogP contribution in [-0.4, -0.2) is 46.1 Å². The average molecular weight is 515 g/mol. The molecule has 2 unspecified atom stereocenters. The summed E-state index contributed by atoms with van der Waals surface area (Å²) in [5.74, 6) is 1.46. The maximum absolute atomic E-state index is 13.1. The summed E-state index contributed by atoms with van der Waals surface area (Å²) in [6, 6.07) is 9.25. The molecule has 2 aliphatic heterocycles. The van der Waals surface area contributed by atoms with Crippen molar-refractivity contribution in [3.8, 4) is 11.5 Å². The van der Waals surface area contributed by atoms with E-state index in [0.29, 0.717) is 28.7 Å². The zero-order valence-electron chi connectivity index (χ0n) is 20.6. The van der Waals surface area contributed by atoms with Crippen molar-refractivity contribution < 1.29 is 19.1 Å². The van der Waals surface area contributed by atoms with Gasteiger partial charge in [0.25, 0.3) is 5.91 Å². The minimum Gasteiger partial charge on any atom is -0.454 e. The summed E-state index contributed by atoms with van der Waals surface area (Å²) in [5.41, 5.74) is 4.25. The molecule has 1 fully saturated rings. The number of hydrogen-bond donors (Lipinski definition) is 1. The van der Waals surface area contributed by atoms with Crippen LogP contribution >= 0.6 is 11.3 Å². The van der Waals surface area contributed by atoms with Crippen molar-refractivity contribution in [1.82, 2.24) is 14.9 Å². The van der Waals surface area contributed by atoms with Gasteiger partial charge in [-0.15, -0.1) is 11.3 Å². The van der Waals surface area contributed by atoms with E-state index in [1.165, 1.54) is 11.3 Å². The lowest BCUT2D eigenvalue weighted by atomic mass is 9.90. The molecular formula is C28H26N4O4S. The van der Waals surface area contributed by atoms with Crippen LogP contribution in [0, 0.1) is 19.8 Å². The van der Waals surface area contributed by atoms with Gasteiger partial charge in [-0.25, -0.2) is 4.98 Å². The number of rotatable bonds is 5. The minimum atomic E-state index is -0.136. The fourth-order valence-corrected chi connectivity index (χ4v) is 5.88. The summed E-state index contributed by atoms with van der Waals surface area (Å²) in [5, 5.41) is 3.51. The summed E-state index contributed by atoms with van der Waals surface area (Å²) in [6.45, 7) is 4.83. The van der Waals surface area contributed by atoms with Crippen LogP contribution in [0.3, 0.4) is 0 Å². The normalized spacial score (nSPS) is 19.5. The molecule has 3 aliphatic rings. The SMILES string of the molecule is Cc1ccc(C(=O)N2CCC3C=C(c4nc(NC(=O)Cc5ccc6c(c5)OCO6)sc4C)C=CC32)cn1. The van der Waals surface area contributed by atoms with Gasteiger partial charge in [-0.1, -0.05) is 24.3 Å². The van der Waals surface area contributed by atoms with Crippen LogP contribution in [0.2, 0.25) is 0 Å². The lowest BCUT2D eigenvalue weighted by Crippen LogP contribution is -2.37. The molecule has 188 valence electrons. The van der Waals surface area contributed by atoms with Crippen LogP contribution in [0.5, 0.6) is 11.5 Å². The Morgan fingerprint density at radius 1 is 1.16 bits per heavy atom. The van der Waals surface area contributed by atoms with Gasteiger partial charge in [0, 0.05) is 29.2 Å². The first-order chi connectivity index (χ1) is 17.9. The van der Waals surface area contributed by atoms with Crippen molar-refractivity contribution in [1.29, 1.82) is 0 Å². The predicted octanol–water partition coefficient (Wildman–Crippen LogP) is 4.55. The first-order valence-corrected chi connectivity index (χ1v) is 13.1. The van der Waals surface area contributed by atoms with E-state index in [9.17, 15) is 9.59 Å². The highest BCUT2D eigenvalue weighted by molar-refractivity contribution is 7.15. The average Bonchev–Trinajstić information content (AvgIpc) is 3.61. The Bertz CT molecular complexity index is 1440. The molecule has 9 heteroatoms. The van der Waals surface area contributed by atoms with Crippen molar-refractivity contribution in [2.24, 2.45) is 5.92 Å². The van der Waals surface area contributed by atoms with E-state index in [2.05, 4.69) is 22.5 Å². The Morgan fingerprint density at radius 3 is 2.86 bits per heavy atom. The molecule has 4 heterocycles. The zero-order valence-corrected chi connectivity index (χ0v) is 21.4. The number of nitrogens with one attached hydrogen (secondary N) is 1. The Kier molecular flexibility index (Phi) is 6.00. The topological polar surface area (TPSA) is 93.7 Å². The molecule has 0 radical (unpaired) electrons. The van der Waals surface area contributed by atoms with Gasteiger partial charge in [0.1, 0.15) is 0 Å². The second-order valence-corrected chi connectivity index (χ2v) is 10.7. The molecule has 0 bridgehead atoms. The summed E-state index contributed by atoms with van der Waals surface area (Å²) in [6.07, 6.45) is 9.12. The van der Waals surface area contributed by atoms with Crippen LogP contribution in [0.15, 0.2) is 54.8 Å². The largest absolute Gasteiger partial charge is 0.454 e. The number of pyridine rings is 1. The number of ether oxygens (including phenoxy) is 2. The molecule has 0 spiro atoms. The lowest BCUT2D eigenvalue weighted by molar-refractivity contribution is -0.115. The molecule has 1 saturated heterocycles. The van der Waals surface area contributed by atoms with Gasteiger partial charge in [0.05, 0.1) is 23.7 Å². The maximum Gasteiger partial charge on any atom is 0.255 e. The molecule has 1 N–H and O–H groups in total. The van der Waals surface area contributed by atoms with Gasteiger partial charge >= 0.3 is 0 Å². The van der Waals surface area contributed by atoms with E-state index in [1.807, 2.05) is 55.2 Å². The van der Waals surface area contributed by atoms with E-state index in [-0.39, 0.29) is 37.0 Å². The minimum absolute atomic E-state index is 0.0128. The third kappa shape index (κ3) is 4.62. The molecule has 37 heavy (non-hydrogen) atoms. The number of hydrogen-bond acceptors (Lipinski definition) is 7. The number of carbonyl (C=O) groups excluding carboxylic acids is 2. The van der Waals surface area contributed by atoms with E-state index < -0.39 is 0 Å². The quantitative estimate of drug-likeness (QED) is 0.537. The van der Waals surface area contributed by atoms with Gasteiger partial charge < -0.3 is 19.7 Å². The Balaban J connectivity index is 1.12. The van der Waals surface area contributed by atoms with Crippen LogP contribution in [0.25, 0.3) is 5.57 Å². The van der Waals surface area contributed by atoms with E-state index in [4.69, 9.17) is 14.5 Å². The van der Waals surface area contributed by atoms with Gasteiger partial charge in [0.2, 0.25) is 12.7 Å². The summed E-state index contributed by atoms with van der Waals surface area (Å²) < 4.78 is 10.7. The number of allylic oxidation sites excluding steroid dienone is 2. The number of benzene rings is 1. The van der Waals surface area contributed by atoms with Crippen LogP contribution in [0.1, 0.15) is 38.6 Å². The smallest absolute Gasteiger partial charge is 0.255 e. The van der Waals surface area contributed by atoms with Gasteiger partial charge in [-0.3, -0.25) is 14.6 Å². The van der Waals surface area contributed by atoms with Crippen LogP contribution in [0.4, 0.5) is 5.13 Å². The van der Waals surface area contributed by atoms with Crippen LogP contribution < -0.4 is 14.8 Å². The number of anilines is 1. The van der Waals surface area contributed by atoms with Gasteiger partial charge in [0.15, 0.2) is 16.6 Å². The van der Waals surface area contributed by atoms with Gasteiger partial charge in [-0.2, -0.15) is 0 Å². The molecule has 8 nitrogen and oxygen atoms in total. The molecule has 1 aromatic carbocycles. The number of carbonyl (C=O) groups is 2. The van der Waals surface area contributed by atoms with Crippen LogP contribution in [-0.2, 0) is 11.2 Å².